The zero-order chi connectivity index (χ0) is 11.8. The number of sulfone groups is 1. The fourth-order valence-electron chi connectivity index (χ4n) is 1.60. The summed E-state index contributed by atoms with van der Waals surface area (Å²) in [5.74, 6) is 0.0370. The summed E-state index contributed by atoms with van der Waals surface area (Å²) < 4.78 is 23.3. The van der Waals surface area contributed by atoms with Crippen LogP contribution in [0.15, 0.2) is 15.9 Å². The predicted molar refractivity (Wildman–Crippen MR) is 66.5 cm³/mol. The first-order valence-electron chi connectivity index (χ1n) is 4.73. The van der Waals surface area contributed by atoms with Crippen molar-refractivity contribution in [3.8, 4) is 0 Å². The maximum Gasteiger partial charge on any atom is 0.261 e. The van der Waals surface area contributed by atoms with E-state index >= 15 is 0 Å². The van der Waals surface area contributed by atoms with Crippen LogP contribution in [0, 0.1) is 0 Å². The van der Waals surface area contributed by atoms with E-state index in [-0.39, 0.29) is 23.5 Å². The van der Waals surface area contributed by atoms with E-state index in [1.54, 1.807) is 12.1 Å². The van der Waals surface area contributed by atoms with Crippen molar-refractivity contribution in [2.75, 3.05) is 11.5 Å². The average molecular weight is 324 g/mol. The molecule has 2 heterocycles. The van der Waals surface area contributed by atoms with Crippen LogP contribution in [-0.2, 0) is 9.84 Å². The lowest BCUT2D eigenvalue weighted by Crippen LogP contribution is -2.35. The number of hydrogen-bond acceptors (Lipinski definition) is 4. The van der Waals surface area contributed by atoms with Crippen molar-refractivity contribution in [3.05, 3.63) is 20.8 Å². The molecule has 0 aliphatic carbocycles. The highest BCUT2D eigenvalue weighted by molar-refractivity contribution is 9.11. The topological polar surface area (TPSA) is 63.2 Å². The highest BCUT2D eigenvalue weighted by Crippen LogP contribution is 2.22. The summed E-state index contributed by atoms with van der Waals surface area (Å²) in [6.45, 7) is 0. The molecular formula is C9H10BrNO3S2. The van der Waals surface area contributed by atoms with Crippen molar-refractivity contribution in [2.45, 2.75) is 12.5 Å². The van der Waals surface area contributed by atoms with Crippen LogP contribution in [-0.4, -0.2) is 31.9 Å². The Bertz CT molecular complexity index is 509. The minimum atomic E-state index is -2.94. The smallest absolute Gasteiger partial charge is 0.261 e. The predicted octanol–water partition coefficient (Wildman–Crippen LogP) is 1.43. The average Bonchev–Trinajstić information content (AvgIpc) is 2.73. The van der Waals surface area contributed by atoms with Gasteiger partial charge in [-0.3, -0.25) is 4.79 Å². The zero-order valence-electron chi connectivity index (χ0n) is 8.27. The van der Waals surface area contributed by atoms with Gasteiger partial charge in [0.15, 0.2) is 9.84 Å². The second-order valence-electron chi connectivity index (χ2n) is 3.68. The van der Waals surface area contributed by atoms with Gasteiger partial charge in [0.1, 0.15) is 0 Å². The van der Waals surface area contributed by atoms with Gasteiger partial charge in [0.25, 0.3) is 5.91 Å². The summed E-state index contributed by atoms with van der Waals surface area (Å²) in [6, 6.07) is 3.27. The molecule has 0 radical (unpaired) electrons. The fraction of sp³-hybridized carbons (Fsp3) is 0.444. The van der Waals surface area contributed by atoms with Gasteiger partial charge in [0.2, 0.25) is 0 Å². The molecular weight excluding hydrogens is 314 g/mol. The van der Waals surface area contributed by atoms with E-state index in [4.69, 9.17) is 0 Å². The molecule has 1 fully saturated rings. The van der Waals surface area contributed by atoms with Gasteiger partial charge in [-0.15, -0.1) is 11.3 Å². The first-order chi connectivity index (χ1) is 7.46. The third kappa shape index (κ3) is 2.83. The zero-order valence-corrected chi connectivity index (χ0v) is 11.5. The van der Waals surface area contributed by atoms with E-state index in [1.165, 1.54) is 11.3 Å². The molecule has 0 aromatic carbocycles. The number of hydrogen-bond donors (Lipinski definition) is 1. The van der Waals surface area contributed by atoms with Gasteiger partial charge >= 0.3 is 0 Å². The molecule has 1 aromatic rings. The lowest BCUT2D eigenvalue weighted by molar-refractivity contribution is 0.0945. The number of amides is 1. The quantitative estimate of drug-likeness (QED) is 0.895. The molecule has 1 saturated heterocycles. The second-order valence-corrected chi connectivity index (χ2v) is 8.37. The maximum atomic E-state index is 11.7. The fourth-order valence-corrected chi connectivity index (χ4v) is 4.56. The van der Waals surface area contributed by atoms with Crippen LogP contribution in [0.1, 0.15) is 16.1 Å². The van der Waals surface area contributed by atoms with Crippen LogP contribution in [0.5, 0.6) is 0 Å². The van der Waals surface area contributed by atoms with Gasteiger partial charge in [-0.25, -0.2) is 8.42 Å². The first-order valence-corrected chi connectivity index (χ1v) is 8.16. The molecule has 1 atom stereocenters. The van der Waals surface area contributed by atoms with E-state index in [0.717, 1.165) is 3.79 Å². The second kappa shape index (κ2) is 4.46. The summed E-state index contributed by atoms with van der Waals surface area (Å²) in [7, 11) is -2.94. The van der Waals surface area contributed by atoms with Gasteiger partial charge in [-0.1, -0.05) is 0 Å². The molecule has 1 N–H and O–H groups in total. The lowest BCUT2D eigenvalue weighted by Gasteiger charge is -2.08. The molecule has 2 rings (SSSR count). The number of halogens is 1. The number of nitrogens with one attached hydrogen (secondary N) is 1. The Morgan fingerprint density at radius 3 is 2.75 bits per heavy atom. The van der Waals surface area contributed by atoms with Crippen molar-refractivity contribution in [2.24, 2.45) is 0 Å². The molecule has 0 bridgehead atoms. The van der Waals surface area contributed by atoms with Crippen molar-refractivity contribution in [3.63, 3.8) is 0 Å². The Labute approximate surface area is 106 Å². The molecule has 1 aliphatic rings. The third-order valence-corrected chi connectivity index (χ3v) is 5.76. The molecule has 1 aromatic heterocycles. The van der Waals surface area contributed by atoms with Crippen LogP contribution >= 0.6 is 27.3 Å². The summed E-state index contributed by atoms with van der Waals surface area (Å²) in [4.78, 5) is 12.3. The Morgan fingerprint density at radius 1 is 1.50 bits per heavy atom. The van der Waals surface area contributed by atoms with Crippen LogP contribution in [0.4, 0.5) is 0 Å². The number of rotatable bonds is 2. The van der Waals surface area contributed by atoms with Gasteiger partial charge in [-0.05, 0) is 34.5 Å². The maximum absolute atomic E-state index is 11.7. The van der Waals surface area contributed by atoms with E-state index < -0.39 is 9.84 Å². The van der Waals surface area contributed by atoms with E-state index in [2.05, 4.69) is 21.2 Å². The normalized spacial score (nSPS) is 23.2. The minimum Gasteiger partial charge on any atom is -0.348 e. The van der Waals surface area contributed by atoms with Gasteiger partial charge in [0, 0.05) is 6.04 Å². The summed E-state index contributed by atoms with van der Waals surface area (Å²) in [5.41, 5.74) is 0. The summed E-state index contributed by atoms with van der Waals surface area (Å²) in [5, 5.41) is 2.74. The Morgan fingerprint density at radius 2 is 2.25 bits per heavy atom. The highest BCUT2D eigenvalue weighted by atomic mass is 79.9. The van der Waals surface area contributed by atoms with Crippen LogP contribution < -0.4 is 5.32 Å². The van der Waals surface area contributed by atoms with E-state index in [0.29, 0.717) is 11.3 Å². The SMILES string of the molecule is O=C(N[C@H]1CCS(=O)(=O)C1)c1ccc(Br)s1. The summed E-state index contributed by atoms with van der Waals surface area (Å²) >= 11 is 4.61. The Kier molecular flexibility index (Phi) is 3.37. The van der Waals surface area contributed by atoms with Gasteiger partial charge in [0.05, 0.1) is 20.2 Å². The molecule has 16 heavy (non-hydrogen) atoms. The van der Waals surface area contributed by atoms with Crippen molar-refractivity contribution in [1.82, 2.24) is 5.32 Å². The third-order valence-electron chi connectivity index (χ3n) is 2.36. The van der Waals surface area contributed by atoms with Crippen LogP contribution in [0.2, 0.25) is 0 Å². The number of carbonyl (C=O) groups excluding carboxylic acids is 1. The monoisotopic (exact) mass is 323 g/mol. The first kappa shape index (κ1) is 12.1. The van der Waals surface area contributed by atoms with Crippen LogP contribution in [0.3, 0.4) is 0 Å². The number of thiophene rings is 1. The largest absolute Gasteiger partial charge is 0.348 e. The molecule has 0 unspecified atom stereocenters. The Balaban J connectivity index is 1.99. The standard InChI is InChI=1S/C9H10BrNO3S2/c10-8-2-1-7(15-8)9(12)11-6-3-4-16(13,14)5-6/h1-2,6H,3-5H2,(H,11,12)/t6-/m0/s1. The van der Waals surface area contributed by atoms with E-state index in [9.17, 15) is 13.2 Å². The van der Waals surface area contributed by atoms with Crippen molar-refractivity contribution >= 4 is 43.0 Å². The lowest BCUT2D eigenvalue weighted by atomic mass is 10.2. The Hall–Kier alpha value is -0.400. The molecule has 4 nitrogen and oxygen atoms in total. The van der Waals surface area contributed by atoms with Crippen LogP contribution in [0.25, 0.3) is 0 Å². The molecule has 0 saturated carbocycles. The molecule has 7 heteroatoms. The van der Waals surface area contributed by atoms with Crippen molar-refractivity contribution < 1.29 is 13.2 Å². The molecule has 1 aliphatic heterocycles. The van der Waals surface area contributed by atoms with Gasteiger partial charge in [-0.2, -0.15) is 0 Å². The molecule has 1 amide bonds. The van der Waals surface area contributed by atoms with Gasteiger partial charge < -0.3 is 5.32 Å². The van der Waals surface area contributed by atoms with Crippen molar-refractivity contribution in [1.29, 1.82) is 0 Å². The molecule has 0 spiro atoms. The number of carbonyl (C=O) groups is 1. The summed E-state index contributed by atoms with van der Waals surface area (Å²) in [6.07, 6.45) is 0.515. The highest BCUT2D eigenvalue weighted by Gasteiger charge is 2.29. The minimum absolute atomic E-state index is 0.0608. The molecule has 88 valence electrons. The van der Waals surface area contributed by atoms with E-state index in [1.807, 2.05) is 0 Å².